The van der Waals surface area contributed by atoms with Crippen molar-refractivity contribution in [3.8, 4) is 0 Å². The van der Waals surface area contributed by atoms with Gasteiger partial charge in [-0.25, -0.2) is 10.2 Å². The monoisotopic (exact) mass is 172 g/mol. The molecule has 0 aromatic carbocycles. The van der Waals surface area contributed by atoms with Crippen molar-refractivity contribution in [2.24, 2.45) is 5.84 Å². The number of rotatable bonds is 1. The van der Waals surface area contributed by atoms with Gasteiger partial charge in [0.05, 0.1) is 0 Å². The maximum absolute atomic E-state index is 11.8. The van der Waals surface area contributed by atoms with Crippen molar-refractivity contribution in [3.63, 3.8) is 0 Å². The Balaban J connectivity index is 3.25. The first-order chi connectivity index (χ1) is 3.66. The lowest BCUT2D eigenvalue weighted by molar-refractivity contribution is 0.573. The largest absolute Gasteiger partial charge is 0.309 e. The topological polar surface area (TPSA) is 38.0 Å². The molecular formula is C2H5FN2S3. The number of thiol groups is 1. The molecule has 0 aliphatic carbocycles. The summed E-state index contributed by atoms with van der Waals surface area (Å²) >= 11 is 8.62. The van der Waals surface area contributed by atoms with E-state index < -0.39 is 4.84 Å². The Bertz CT molecular complexity index is 85.4. The van der Waals surface area contributed by atoms with Crippen LogP contribution in [0.3, 0.4) is 0 Å². The molecule has 0 aliphatic heterocycles. The Morgan fingerprint density at radius 3 is 2.62 bits per heavy atom. The molecule has 0 aromatic rings. The average Bonchev–Trinajstić information content (AvgIpc) is 1.65. The summed E-state index contributed by atoms with van der Waals surface area (Å²) in [4.78, 5) is -1.29. The van der Waals surface area contributed by atoms with Gasteiger partial charge in [-0.3, -0.25) is 0 Å². The molecule has 1 unspecified atom stereocenters. The number of hydrogen-bond donors (Lipinski definition) is 3. The second kappa shape index (κ2) is 4.37. The molecule has 0 saturated heterocycles. The molecule has 1 atom stereocenters. The van der Waals surface area contributed by atoms with E-state index in [1.54, 1.807) is 0 Å². The third-order valence-corrected chi connectivity index (χ3v) is 1.57. The van der Waals surface area contributed by atoms with Gasteiger partial charge in [0.25, 0.3) is 0 Å². The van der Waals surface area contributed by atoms with Gasteiger partial charge in [-0.05, 0) is 11.8 Å². The number of hydrazine groups is 1. The minimum atomic E-state index is -1.29. The van der Waals surface area contributed by atoms with Crippen molar-refractivity contribution in [2.45, 2.75) is 4.84 Å². The normalized spacial score (nSPS) is 12.9. The van der Waals surface area contributed by atoms with Crippen molar-refractivity contribution >= 4 is 40.9 Å². The molecule has 0 spiro atoms. The van der Waals surface area contributed by atoms with E-state index in [1.165, 1.54) is 0 Å². The van der Waals surface area contributed by atoms with Crippen molar-refractivity contribution in [3.05, 3.63) is 0 Å². The summed E-state index contributed by atoms with van der Waals surface area (Å²) in [7, 11) is 0. The number of hydrogen-bond acceptors (Lipinski definition) is 4. The molecule has 0 aromatic heterocycles. The summed E-state index contributed by atoms with van der Waals surface area (Å²) < 4.78 is 12.0. The van der Waals surface area contributed by atoms with Crippen LogP contribution in [0.25, 0.3) is 0 Å². The van der Waals surface area contributed by atoms with Gasteiger partial charge in [0.15, 0.2) is 9.16 Å². The Kier molecular flexibility index (Phi) is 4.63. The molecule has 0 fully saturated rings. The highest BCUT2D eigenvalue weighted by Crippen LogP contribution is 2.15. The van der Waals surface area contributed by atoms with Crippen LogP contribution in [0.2, 0.25) is 0 Å². The SMILES string of the molecule is NNC(=S)SC(F)S. The van der Waals surface area contributed by atoms with Crippen LogP contribution in [0.1, 0.15) is 0 Å². The minimum Gasteiger partial charge on any atom is -0.309 e. The molecule has 6 heteroatoms. The number of alkyl halides is 1. The standard InChI is InChI=1S/C2H5FN2S3/c3-1(6)8-2(7)5-4/h1,6H,4H2,(H,5,7). The Hall–Kier alpha value is 0.480. The lowest BCUT2D eigenvalue weighted by atomic mass is 11.5. The average molecular weight is 172 g/mol. The summed E-state index contributed by atoms with van der Waals surface area (Å²) in [5, 5.41) is 0. The highest BCUT2D eigenvalue weighted by molar-refractivity contribution is 8.27. The van der Waals surface area contributed by atoms with E-state index in [0.717, 1.165) is 11.8 Å². The van der Waals surface area contributed by atoms with Crippen LogP contribution in [-0.2, 0) is 0 Å². The van der Waals surface area contributed by atoms with E-state index in [0.29, 0.717) is 0 Å². The van der Waals surface area contributed by atoms with E-state index >= 15 is 0 Å². The maximum atomic E-state index is 11.8. The van der Waals surface area contributed by atoms with E-state index in [2.05, 4.69) is 30.3 Å². The van der Waals surface area contributed by atoms with Crippen LogP contribution in [0.15, 0.2) is 0 Å². The highest BCUT2D eigenvalue weighted by Gasteiger charge is 2.01. The van der Waals surface area contributed by atoms with E-state index in [1.807, 2.05) is 0 Å². The van der Waals surface area contributed by atoms with Crippen molar-refractivity contribution in [2.75, 3.05) is 0 Å². The molecular weight excluding hydrogens is 167 g/mol. The maximum Gasteiger partial charge on any atom is 0.195 e. The van der Waals surface area contributed by atoms with E-state index in [-0.39, 0.29) is 4.32 Å². The smallest absolute Gasteiger partial charge is 0.195 e. The first-order valence-electron chi connectivity index (χ1n) is 1.66. The molecule has 2 nitrogen and oxygen atoms in total. The second-order valence-corrected chi connectivity index (χ2v) is 3.37. The van der Waals surface area contributed by atoms with Gasteiger partial charge in [0.2, 0.25) is 0 Å². The molecule has 0 saturated carbocycles. The molecule has 48 valence electrons. The third kappa shape index (κ3) is 4.63. The summed E-state index contributed by atoms with van der Waals surface area (Å²) in [6, 6.07) is 0. The second-order valence-electron chi connectivity index (χ2n) is 0.842. The van der Waals surface area contributed by atoms with Gasteiger partial charge in [0, 0.05) is 0 Å². The fraction of sp³-hybridized carbons (Fsp3) is 0.500. The van der Waals surface area contributed by atoms with Gasteiger partial charge in [-0.1, -0.05) is 12.2 Å². The summed E-state index contributed by atoms with van der Waals surface area (Å²) in [5.41, 5.74) is 2.10. The van der Waals surface area contributed by atoms with Gasteiger partial charge < -0.3 is 5.43 Å². The molecule has 0 heterocycles. The van der Waals surface area contributed by atoms with Crippen LogP contribution in [0.5, 0.6) is 0 Å². The molecule has 0 radical (unpaired) electrons. The predicted molar refractivity (Wildman–Crippen MR) is 41.4 cm³/mol. The molecule has 0 bridgehead atoms. The number of thiocarbonyl (C=S) groups is 1. The molecule has 0 amide bonds. The lowest BCUT2D eigenvalue weighted by Gasteiger charge is -1.99. The van der Waals surface area contributed by atoms with Crippen molar-refractivity contribution < 1.29 is 4.39 Å². The number of thioether (sulfide) groups is 1. The van der Waals surface area contributed by atoms with Crippen molar-refractivity contribution in [1.29, 1.82) is 0 Å². The fourth-order valence-electron chi connectivity index (χ4n) is 0.122. The number of nitrogens with two attached hydrogens (primary N) is 1. The van der Waals surface area contributed by atoms with Gasteiger partial charge >= 0.3 is 0 Å². The predicted octanol–water partition coefficient (Wildman–Crippen LogP) is 0.651. The fourth-order valence-corrected chi connectivity index (χ4v) is 1.15. The first-order valence-corrected chi connectivity index (χ1v) is 3.46. The van der Waals surface area contributed by atoms with E-state index in [4.69, 9.17) is 5.84 Å². The third-order valence-electron chi connectivity index (χ3n) is 0.322. The zero-order valence-electron chi connectivity index (χ0n) is 3.80. The van der Waals surface area contributed by atoms with Crippen LogP contribution in [0.4, 0.5) is 4.39 Å². The van der Waals surface area contributed by atoms with E-state index in [9.17, 15) is 4.39 Å². The Morgan fingerprint density at radius 1 is 2.00 bits per heavy atom. The molecule has 8 heavy (non-hydrogen) atoms. The van der Waals surface area contributed by atoms with Gasteiger partial charge in [-0.15, -0.1) is 12.6 Å². The zero-order valence-corrected chi connectivity index (χ0v) is 6.32. The first kappa shape index (κ1) is 8.48. The lowest BCUT2D eigenvalue weighted by Crippen LogP contribution is -2.26. The van der Waals surface area contributed by atoms with Crippen molar-refractivity contribution in [1.82, 2.24) is 5.43 Å². The van der Waals surface area contributed by atoms with Crippen LogP contribution < -0.4 is 11.3 Å². The zero-order chi connectivity index (χ0) is 6.57. The summed E-state index contributed by atoms with van der Waals surface area (Å²) in [5.74, 6) is 4.81. The Labute approximate surface area is 61.8 Å². The van der Waals surface area contributed by atoms with Gasteiger partial charge in [-0.2, -0.15) is 0 Å². The molecule has 3 N–H and O–H groups in total. The van der Waals surface area contributed by atoms with Crippen LogP contribution in [-0.4, -0.2) is 9.16 Å². The van der Waals surface area contributed by atoms with Crippen LogP contribution in [0, 0.1) is 0 Å². The minimum absolute atomic E-state index is 0.201. The van der Waals surface area contributed by atoms with Crippen LogP contribution >= 0.6 is 36.6 Å². The summed E-state index contributed by atoms with van der Waals surface area (Å²) in [6.45, 7) is 0. The van der Waals surface area contributed by atoms with Gasteiger partial charge in [0.1, 0.15) is 0 Å². The Morgan fingerprint density at radius 2 is 2.50 bits per heavy atom. The summed E-state index contributed by atoms with van der Waals surface area (Å²) in [6.07, 6.45) is 0. The number of nitrogens with one attached hydrogen (secondary N) is 1. The highest BCUT2D eigenvalue weighted by atomic mass is 32.2. The quantitative estimate of drug-likeness (QED) is 0.178. The molecule has 0 rings (SSSR count). The molecule has 0 aliphatic rings. The number of halogens is 1.